The van der Waals surface area contributed by atoms with E-state index in [0.29, 0.717) is 27.5 Å². The molecule has 0 spiro atoms. The number of rotatable bonds is 4. The first kappa shape index (κ1) is 17.2. The van der Waals surface area contributed by atoms with E-state index in [2.05, 4.69) is 5.32 Å². The standard InChI is InChI=1S/C21H17ClFNO/c1-13-5-3-4-6-17(13)21(25)18-10-9-16(12-19(18)22)24-20-11-15(23)8-7-14(20)2/h3-12,24H,1-2H3. The maximum Gasteiger partial charge on any atom is 0.194 e. The Morgan fingerprint density at radius 3 is 2.40 bits per heavy atom. The van der Waals surface area contributed by atoms with Crippen LogP contribution in [0.4, 0.5) is 15.8 Å². The minimum atomic E-state index is -0.314. The van der Waals surface area contributed by atoms with Crippen LogP contribution in [0.15, 0.2) is 60.7 Å². The summed E-state index contributed by atoms with van der Waals surface area (Å²) in [5.74, 6) is -0.429. The number of ketones is 1. The van der Waals surface area contributed by atoms with Gasteiger partial charge in [-0.1, -0.05) is 41.9 Å². The predicted octanol–water partition coefficient (Wildman–Crippen LogP) is 6.07. The van der Waals surface area contributed by atoms with E-state index in [1.165, 1.54) is 12.1 Å². The molecular weight excluding hydrogens is 337 g/mol. The number of halogens is 2. The van der Waals surface area contributed by atoms with Gasteiger partial charge in [0, 0.05) is 22.5 Å². The Hall–Kier alpha value is -2.65. The molecule has 0 saturated carbocycles. The van der Waals surface area contributed by atoms with Crippen LogP contribution >= 0.6 is 11.6 Å². The zero-order chi connectivity index (χ0) is 18.0. The summed E-state index contributed by atoms with van der Waals surface area (Å²) in [6, 6.07) is 17.1. The van der Waals surface area contributed by atoms with Gasteiger partial charge in [-0.05, 0) is 55.3 Å². The smallest absolute Gasteiger partial charge is 0.194 e. The molecular formula is C21H17ClFNO. The molecule has 0 radical (unpaired) electrons. The molecule has 0 amide bonds. The number of benzene rings is 3. The van der Waals surface area contributed by atoms with Gasteiger partial charge in [-0.3, -0.25) is 4.79 Å². The van der Waals surface area contributed by atoms with Gasteiger partial charge in [0.25, 0.3) is 0 Å². The molecule has 1 N–H and O–H groups in total. The van der Waals surface area contributed by atoms with Gasteiger partial charge in [0.1, 0.15) is 5.82 Å². The van der Waals surface area contributed by atoms with Crippen molar-refractivity contribution < 1.29 is 9.18 Å². The van der Waals surface area contributed by atoms with E-state index in [1.807, 2.05) is 32.0 Å². The summed E-state index contributed by atoms with van der Waals surface area (Å²) >= 11 is 6.33. The summed E-state index contributed by atoms with van der Waals surface area (Å²) in [5, 5.41) is 3.49. The second kappa shape index (κ2) is 7.08. The molecule has 4 heteroatoms. The van der Waals surface area contributed by atoms with Crippen molar-refractivity contribution in [1.82, 2.24) is 0 Å². The lowest BCUT2D eigenvalue weighted by Crippen LogP contribution is -2.05. The first-order chi connectivity index (χ1) is 12.0. The molecule has 25 heavy (non-hydrogen) atoms. The molecule has 0 heterocycles. The Labute approximate surface area is 151 Å². The first-order valence-electron chi connectivity index (χ1n) is 7.89. The number of anilines is 2. The van der Waals surface area contributed by atoms with Crippen molar-refractivity contribution in [2.24, 2.45) is 0 Å². The van der Waals surface area contributed by atoms with Gasteiger partial charge in [0.15, 0.2) is 5.78 Å². The van der Waals surface area contributed by atoms with Crippen LogP contribution in [0.25, 0.3) is 0 Å². The zero-order valence-corrected chi connectivity index (χ0v) is 14.7. The molecule has 0 bridgehead atoms. The van der Waals surface area contributed by atoms with Crippen LogP contribution in [0.5, 0.6) is 0 Å². The van der Waals surface area contributed by atoms with E-state index in [4.69, 9.17) is 11.6 Å². The molecule has 0 aromatic heterocycles. The average Bonchev–Trinajstić information content (AvgIpc) is 2.58. The van der Waals surface area contributed by atoms with Crippen LogP contribution < -0.4 is 5.32 Å². The highest BCUT2D eigenvalue weighted by Crippen LogP contribution is 2.27. The third-order valence-electron chi connectivity index (χ3n) is 4.08. The number of nitrogens with one attached hydrogen (secondary N) is 1. The van der Waals surface area contributed by atoms with Crippen molar-refractivity contribution in [3.63, 3.8) is 0 Å². The fourth-order valence-electron chi connectivity index (χ4n) is 2.63. The lowest BCUT2D eigenvalue weighted by molar-refractivity contribution is 0.103. The minimum absolute atomic E-state index is 0.114. The zero-order valence-electron chi connectivity index (χ0n) is 13.9. The molecule has 0 atom stereocenters. The Morgan fingerprint density at radius 2 is 1.68 bits per heavy atom. The molecule has 0 unspecified atom stereocenters. The van der Waals surface area contributed by atoms with E-state index in [1.54, 1.807) is 30.3 Å². The highest BCUT2D eigenvalue weighted by atomic mass is 35.5. The van der Waals surface area contributed by atoms with Crippen LogP contribution in [0, 0.1) is 19.7 Å². The van der Waals surface area contributed by atoms with Crippen molar-refractivity contribution in [2.75, 3.05) is 5.32 Å². The molecule has 2 nitrogen and oxygen atoms in total. The maximum atomic E-state index is 13.4. The van der Waals surface area contributed by atoms with Crippen molar-refractivity contribution >= 4 is 28.8 Å². The first-order valence-corrected chi connectivity index (χ1v) is 8.26. The van der Waals surface area contributed by atoms with Gasteiger partial charge >= 0.3 is 0 Å². The van der Waals surface area contributed by atoms with Crippen LogP contribution in [0.2, 0.25) is 5.02 Å². The van der Waals surface area contributed by atoms with E-state index in [0.717, 1.165) is 11.1 Å². The van der Waals surface area contributed by atoms with Gasteiger partial charge in [-0.25, -0.2) is 4.39 Å². The molecule has 0 aliphatic carbocycles. The fourth-order valence-corrected chi connectivity index (χ4v) is 2.90. The third kappa shape index (κ3) is 3.72. The summed E-state index contributed by atoms with van der Waals surface area (Å²) in [6.07, 6.45) is 0. The largest absolute Gasteiger partial charge is 0.355 e. The summed E-state index contributed by atoms with van der Waals surface area (Å²) in [6.45, 7) is 3.78. The molecule has 3 aromatic rings. The van der Waals surface area contributed by atoms with Crippen molar-refractivity contribution in [3.8, 4) is 0 Å². The molecule has 0 aliphatic heterocycles. The highest BCUT2D eigenvalue weighted by Gasteiger charge is 2.15. The second-order valence-corrected chi connectivity index (χ2v) is 6.33. The summed E-state index contributed by atoms with van der Waals surface area (Å²) in [7, 11) is 0. The average molecular weight is 354 g/mol. The maximum absolute atomic E-state index is 13.4. The number of aryl methyl sites for hydroxylation is 2. The number of hydrogen-bond donors (Lipinski definition) is 1. The van der Waals surface area contributed by atoms with Gasteiger partial charge in [0.05, 0.1) is 5.02 Å². The number of carbonyl (C=O) groups is 1. The quantitative estimate of drug-likeness (QED) is 0.577. The summed E-state index contributed by atoms with van der Waals surface area (Å²) in [4.78, 5) is 12.7. The normalized spacial score (nSPS) is 10.6. The van der Waals surface area contributed by atoms with Crippen molar-refractivity contribution in [3.05, 3.63) is 93.8 Å². The SMILES string of the molecule is Cc1ccc(F)cc1Nc1ccc(C(=O)c2ccccc2C)c(Cl)c1. The molecule has 3 rings (SSSR count). The van der Waals surface area contributed by atoms with Crippen molar-refractivity contribution in [1.29, 1.82) is 0 Å². The third-order valence-corrected chi connectivity index (χ3v) is 4.39. The van der Waals surface area contributed by atoms with Crippen LogP contribution in [-0.2, 0) is 0 Å². The molecule has 3 aromatic carbocycles. The Bertz CT molecular complexity index is 952. The topological polar surface area (TPSA) is 29.1 Å². The molecule has 0 fully saturated rings. The molecule has 126 valence electrons. The molecule has 0 saturated heterocycles. The van der Waals surface area contributed by atoms with Crippen LogP contribution in [0.1, 0.15) is 27.0 Å². The summed E-state index contributed by atoms with van der Waals surface area (Å²) < 4.78 is 13.4. The number of hydrogen-bond acceptors (Lipinski definition) is 2. The van der Waals surface area contributed by atoms with Gasteiger partial charge in [0.2, 0.25) is 0 Å². The lowest BCUT2D eigenvalue weighted by Gasteiger charge is -2.12. The lowest BCUT2D eigenvalue weighted by atomic mass is 9.99. The van der Waals surface area contributed by atoms with Gasteiger partial charge in [-0.15, -0.1) is 0 Å². The van der Waals surface area contributed by atoms with E-state index in [-0.39, 0.29) is 11.6 Å². The van der Waals surface area contributed by atoms with Crippen LogP contribution in [0.3, 0.4) is 0 Å². The minimum Gasteiger partial charge on any atom is -0.355 e. The number of carbonyl (C=O) groups excluding carboxylic acids is 1. The van der Waals surface area contributed by atoms with E-state index >= 15 is 0 Å². The van der Waals surface area contributed by atoms with Crippen molar-refractivity contribution in [2.45, 2.75) is 13.8 Å². The Kier molecular flexibility index (Phi) is 4.86. The monoisotopic (exact) mass is 353 g/mol. The Morgan fingerprint density at radius 1 is 0.920 bits per heavy atom. The summed E-state index contributed by atoms with van der Waals surface area (Å²) in [5.41, 5.74) is 4.25. The predicted molar refractivity (Wildman–Crippen MR) is 100 cm³/mol. The second-order valence-electron chi connectivity index (χ2n) is 5.92. The van der Waals surface area contributed by atoms with Crippen LogP contribution in [-0.4, -0.2) is 5.78 Å². The highest BCUT2D eigenvalue weighted by molar-refractivity contribution is 6.35. The van der Waals surface area contributed by atoms with E-state index in [9.17, 15) is 9.18 Å². The van der Waals surface area contributed by atoms with E-state index < -0.39 is 0 Å². The fraction of sp³-hybridized carbons (Fsp3) is 0.0952. The van der Waals surface area contributed by atoms with Gasteiger partial charge in [-0.2, -0.15) is 0 Å². The molecule has 0 aliphatic rings. The Balaban J connectivity index is 1.90. The van der Waals surface area contributed by atoms with Gasteiger partial charge < -0.3 is 5.32 Å².